The molecule has 0 saturated carbocycles. The van der Waals surface area contributed by atoms with Crippen LogP contribution in [0.3, 0.4) is 0 Å². The van der Waals surface area contributed by atoms with E-state index in [9.17, 15) is 8.78 Å². The predicted molar refractivity (Wildman–Crippen MR) is 41.1 cm³/mol. The molecule has 0 bridgehead atoms. The molecular formula is C6H5F2N5. The van der Waals surface area contributed by atoms with Crippen LogP contribution in [0.15, 0.2) is 6.33 Å². The number of aromatic nitrogens is 4. The standard InChI is InChI=1S/C6H5F2N5/c7-3(8)6-12-2-4(9)10-1-11-5(2)13-6/h1,3H,(H3,9,10,11,12,13)/i7-1. The molecule has 0 amide bonds. The molecule has 7 heteroatoms. The van der Waals surface area contributed by atoms with Gasteiger partial charge in [-0.05, 0) is 0 Å². The minimum absolute atomic E-state index is 0.115. The molecule has 0 radical (unpaired) electrons. The maximum atomic E-state index is 12.2. The topological polar surface area (TPSA) is 80.5 Å². The monoisotopic (exact) mass is 184 g/mol. The molecule has 0 fully saturated rings. The van der Waals surface area contributed by atoms with Gasteiger partial charge in [-0.1, -0.05) is 0 Å². The summed E-state index contributed by atoms with van der Waals surface area (Å²) in [5.41, 5.74) is 5.81. The van der Waals surface area contributed by atoms with Gasteiger partial charge in [0, 0.05) is 0 Å². The summed E-state index contributed by atoms with van der Waals surface area (Å²) in [5.74, 6) is -0.327. The third-order valence-corrected chi connectivity index (χ3v) is 1.54. The number of rotatable bonds is 1. The van der Waals surface area contributed by atoms with Gasteiger partial charge in [-0.2, -0.15) is 0 Å². The second-order valence-corrected chi connectivity index (χ2v) is 2.38. The number of hydrogen-bond acceptors (Lipinski definition) is 4. The molecule has 0 spiro atoms. The van der Waals surface area contributed by atoms with E-state index in [1.807, 2.05) is 0 Å². The lowest BCUT2D eigenvalue weighted by Gasteiger charge is -1.90. The van der Waals surface area contributed by atoms with Crippen LogP contribution in [-0.4, -0.2) is 19.9 Å². The van der Waals surface area contributed by atoms with E-state index in [0.717, 1.165) is 0 Å². The van der Waals surface area contributed by atoms with E-state index in [2.05, 4.69) is 19.9 Å². The van der Waals surface area contributed by atoms with Crippen molar-refractivity contribution in [1.82, 2.24) is 19.9 Å². The van der Waals surface area contributed by atoms with Crippen molar-refractivity contribution in [2.45, 2.75) is 6.43 Å². The summed E-state index contributed by atoms with van der Waals surface area (Å²) >= 11 is 0. The zero-order valence-corrected chi connectivity index (χ0v) is 6.33. The van der Waals surface area contributed by atoms with Crippen molar-refractivity contribution < 1.29 is 8.78 Å². The fourth-order valence-corrected chi connectivity index (χ4v) is 0.968. The Morgan fingerprint density at radius 2 is 2.15 bits per heavy atom. The van der Waals surface area contributed by atoms with Crippen LogP contribution in [0.4, 0.5) is 14.6 Å². The van der Waals surface area contributed by atoms with Crippen LogP contribution in [0, 0.1) is 0 Å². The summed E-state index contributed by atoms with van der Waals surface area (Å²) in [6.45, 7) is 0. The van der Waals surface area contributed by atoms with Gasteiger partial charge < -0.3 is 10.7 Å². The quantitative estimate of drug-likeness (QED) is 0.689. The van der Waals surface area contributed by atoms with E-state index in [0.29, 0.717) is 0 Å². The fraction of sp³-hybridized carbons (Fsp3) is 0.167. The highest BCUT2D eigenvalue weighted by molar-refractivity contribution is 5.80. The average Bonchev–Trinajstić information content (AvgIpc) is 2.49. The maximum absolute atomic E-state index is 12.2. The summed E-state index contributed by atoms with van der Waals surface area (Å²) in [7, 11) is 0. The van der Waals surface area contributed by atoms with E-state index in [1.54, 1.807) is 0 Å². The van der Waals surface area contributed by atoms with Gasteiger partial charge in [-0.3, -0.25) is 0 Å². The first-order chi connectivity index (χ1) is 6.18. The number of nitrogens with zero attached hydrogens (tertiary/aromatic N) is 3. The van der Waals surface area contributed by atoms with Gasteiger partial charge in [-0.15, -0.1) is 0 Å². The third-order valence-electron chi connectivity index (χ3n) is 1.54. The van der Waals surface area contributed by atoms with E-state index in [1.165, 1.54) is 6.33 Å². The number of nitrogens with one attached hydrogen (secondary N) is 1. The van der Waals surface area contributed by atoms with Crippen molar-refractivity contribution in [3.8, 4) is 0 Å². The Bertz CT molecular complexity index is 438. The zero-order valence-electron chi connectivity index (χ0n) is 6.33. The summed E-state index contributed by atoms with van der Waals surface area (Å²) < 4.78 is 24.3. The van der Waals surface area contributed by atoms with Crippen molar-refractivity contribution in [3.63, 3.8) is 0 Å². The van der Waals surface area contributed by atoms with Crippen molar-refractivity contribution in [2.75, 3.05) is 5.73 Å². The highest BCUT2D eigenvalue weighted by atomic mass is 19.2. The second-order valence-electron chi connectivity index (χ2n) is 2.38. The first-order valence-electron chi connectivity index (χ1n) is 3.42. The number of fused-ring (bicyclic) bond motifs is 1. The van der Waals surface area contributed by atoms with Crippen LogP contribution in [0.1, 0.15) is 12.2 Å². The van der Waals surface area contributed by atoms with E-state index >= 15 is 0 Å². The molecule has 1 atom stereocenters. The zero-order chi connectivity index (χ0) is 9.42. The Kier molecular flexibility index (Phi) is 1.57. The Hall–Kier alpha value is -1.79. The van der Waals surface area contributed by atoms with Crippen molar-refractivity contribution in [2.24, 2.45) is 0 Å². The van der Waals surface area contributed by atoms with Gasteiger partial charge in [0.05, 0.1) is 0 Å². The van der Waals surface area contributed by atoms with Crippen molar-refractivity contribution in [3.05, 3.63) is 12.2 Å². The number of H-pyrrole nitrogens is 1. The predicted octanol–water partition coefficient (Wildman–Crippen LogP) is 0.873. The first kappa shape index (κ1) is 7.84. The number of anilines is 1. The van der Waals surface area contributed by atoms with Crippen LogP contribution >= 0.6 is 0 Å². The Morgan fingerprint density at radius 1 is 1.38 bits per heavy atom. The highest BCUT2D eigenvalue weighted by Crippen LogP contribution is 2.20. The summed E-state index contributed by atoms with van der Waals surface area (Å²) in [5, 5.41) is 0. The molecule has 0 saturated heterocycles. The molecule has 0 aliphatic carbocycles. The number of nitrogens with two attached hydrogens (primary N) is 1. The minimum atomic E-state index is -2.66. The normalized spacial score (nSPS) is 13.4. The van der Waals surface area contributed by atoms with E-state index < -0.39 is 12.2 Å². The molecule has 0 aliphatic heterocycles. The largest absolute Gasteiger partial charge is 0.382 e. The lowest BCUT2D eigenvalue weighted by atomic mass is 10.5. The first-order valence-corrected chi connectivity index (χ1v) is 3.42. The average molecular weight is 184 g/mol. The molecule has 0 aliphatic rings. The smallest absolute Gasteiger partial charge is 0.295 e. The van der Waals surface area contributed by atoms with Gasteiger partial charge >= 0.3 is 0 Å². The molecule has 1 unspecified atom stereocenters. The lowest BCUT2D eigenvalue weighted by Crippen LogP contribution is -1.91. The number of hydrogen-bond donors (Lipinski definition) is 2. The van der Waals surface area contributed by atoms with Gasteiger partial charge in [-0.25, -0.2) is 23.7 Å². The molecule has 3 N–H and O–H groups in total. The molecule has 2 heterocycles. The number of nitrogen functional groups attached to an aromatic ring is 1. The fourth-order valence-electron chi connectivity index (χ4n) is 0.968. The summed E-state index contributed by atoms with van der Waals surface area (Å²) in [6, 6.07) is 0. The third kappa shape index (κ3) is 1.17. The van der Waals surface area contributed by atoms with Gasteiger partial charge in [0.15, 0.2) is 17.3 Å². The molecule has 2 rings (SSSR count). The molecule has 68 valence electrons. The summed E-state index contributed by atoms with van der Waals surface area (Å²) in [4.78, 5) is 13.2. The maximum Gasteiger partial charge on any atom is 0.295 e. The van der Waals surface area contributed by atoms with E-state index in [4.69, 9.17) is 5.73 Å². The van der Waals surface area contributed by atoms with E-state index in [-0.39, 0.29) is 17.0 Å². The molecular weight excluding hydrogens is 179 g/mol. The van der Waals surface area contributed by atoms with Gasteiger partial charge in [0.25, 0.3) is 6.43 Å². The molecule has 5 nitrogen and oxygen atoms in total. The number of alkyl halides is 2. The Labute approximate surface area is 71.0 Å². The second kappa shape index (κ2) is 2.61. The van der Waals surface area contributed by atoms with Crippen molar-refractivity contribution >= 4 is 17.0 Å². The lowest BCUT2D eigenvalue weighted by molar-refractivity contribution is 0.142. The van der Waals surface area contributed by atoms with Gasteiger partial charge in [0.2, 0.25) is 0 Å². The Balaban J connectivity index is 2.68. The number of imidazole rings is 1. The molecule has 2 aromatic rings. The van der Waals surface area contributed by atoms with Crippen LogP contribution in [0.2, 0.25) is 0 Å². The highest BCUT2D eigenvalue weighted by Gasteiger charge is 2.14. The van der Waals surface area contributed by atoms with Crippen LogP contribution in [0.25, 0.3) is 11.2 Å². The summed E-state index contributed by atoms with van der Waals surface area (Å²) in [6.07, 6.45) is -1.48. The molecule has 13 heavy (non-hydrogen) atoms. The van der Waals surface area contributed by atoms with Crippen molar-refractivity contribution in [1.29, 1.82) is 0 Å². The number of halogens is 2. The number of aromatic amines is 1. The molecule has 2 aromatic heterocycles. The Morgan fingerprint density at radius 3 is 2.77 bits per heavy atom. The minimum Gasteiger partial charge on any atom is -0.382 e. The molecule has 0 aromatic carbocycles. The van der Waals surface area contributed by atoms with Crippen LogP contribution in [0.5, 0.6) is 0 Å². The van der Waals surface area contributed by atoms with Crippen LogP contribution in [-0.2, 0) is 0 Å². The van der Waals surface area contributed by atoms with Crippen LogP contribution < -0.4 is 5.73 Å². The van der Waals surface area contributed by atoms with Gasteiger partial charge in [0.1, 0.15) is 11.8 Å². The SMILES string of the molecule is Nc1ncnc2nc(C(F)[18F])[nH]c12.